The van der Waals surface area contributed by atoms with Gasteiger partial charge in [-0.3, -0.25) is 0 Å². The monoisotopic (exact) mass is 94.1 g/mol. The standard InChI is InChI=1S/C6H8N/c1-2-6-4-3-5-7-6/h2-5,7H,1H3. The van der Waals surface area contributed by atoms with Gasteiger partial charge in [0, 0.05) is 18.3 Å². The Bertz CT molecular complexity index is 119. The molecule has 0 spiro atoms. The summed E-state index contributed by atoms with van der Waals surface area (Å²) in [6.07, 6.45) is 3.94. The van der Waals surface area contributed by atoms with Gasteiger partial charge < -0.3 is 4.98 Å². The molecule has 1 nitrogen and oxygen atoms in total. The minimum Gasteiger partial charge on any atom is -0.365 e. The van der Waals surface area contributed by atoms with Crippen LogP contribution in [-0.4, -0.2) is 4.98 Å². The van der Waals surface area contributed by atoms with Crippen LogP contribution in [0.1, 0.15) is 12.6 Å². The summed E-state index contributed by atoms with van der Waals surface area (Å²) in [4.78, 5) is 3.03. The highest BCUT2D eigenvalue weighted by Gasteiger charge is 1.81. The number of H-pyrrole nitrogens is 1. The first-order valence-corrected chi connectivity index (χ1v) is 2.36. The van der Waals surface area contributed by atoms with Crippen LogP contribution >= 0.6 is 0 Å². The molecule has 0 bridgehead atoms. The largest absolute Gasteiger partial charge is 0.365 e. The van der Waals surface area contributed by atoms with Crippen molar-refractivity contribution in [2.45, 2.75) is 6.92 Å². The lowest BCUT2D eigenvalue weighted by molar-refractivity contribution is 1.26. The molecular weight excluding hydrogens is 86.1 g/mol. The zero-order chi connectivity index (χ0) is 5.11. The molecule has 0 aliphatic rings. The Balaban J connectivity index is 2.76. The lowest BCUT2D eigenvalue weighted by Gasteiger charge is -1.80. The van der Waals surface area contributed by atoms with E-state index in [1.54, 1.807) is 0 Å². The smallest absolute Gasteiger partial charge is 0.0182 e. The molecule has 37 valence electrons. The summed E-state index contributed by atoms with van der Waals surface area (Å²) in [7, 11) is 0. The highest BCUT2D eigenvalue weighted by Crippen LogP contribution is 1.94. The molecule has 1 aromatic rings. The normalized spacial score (nSPS) is 9.29. The van der Waals surface area contributed by atoms with E-state index >= 15 is 0 Å². The fraction of sp³-hybridized carbons (Fsp3) is 0.167. The van der Waals surface area contributed by atoms with E-state index in [1.165, 1.54) is 5.69 Å². The number of hydrogen-bond donors (Lipinski definition) is 1. The predicted molar refractivity (Wildman–Crippen MR) is 29.9 cm³/mol. The molecule has 7 heavy (non-hydrogen) atoms. The first kappa shape index (κ1) is 4.44. The molecule has 0 fully saturated rings. The number of aromatic nitrogens is 1. The van der Waals surface area contributed by atoms with Crippen LogP contribution in [0.5, 0.6) is 0 Å². The molecule has 0 aromatic carbocycles. The lowest BCUT2D eigenvalue weighted by atomic mass is 10.4. The van der Waals surface area contributed by atoms with E-state index in [0.29, 0.717) is 0 Å². The summed E-state index contributed by atoms with van der Waals surface area (Å²) in [5.74, 6) is 0. The number of hydrogen-bond acceptors (Lipinski definition) is 0. The van der Waals surface area contributed by atoms with Crippen LogP contribution in [0.25, 0.3) is 0 Å². The molecule has 1 N–H and O–H groups in total. The van der Waals surface area contributed by atoms with Gasteiger partial charge in [-0.15, -0.1) is 0 Å². The van der Waals surface area contributed by atoms with Gasteiger partial charge in [-0.2, -0.15) is 0 Å². The first-order chi connectivity index (χ1) is 3.43. The molecule has 1 rings (SSSR count). The predicted octanol–water partition coefficient (Wildman–Crippen LogP) is 1.59. The van der Waals surface area contributed by atoms with E-state index in [-0.39, 0.29) is 0 Å². The Kier molecular flexibility index (Phi) is 1.16. The fourth-order valence-electron chi connectivity index (χ4n) is 0.524. The van der Waals surface area contributed by atoms with Crippen LogP contribution in [0.15, 0.2) is 18.3 Å². The maximum Gasteiger partial charge on any atom is 0.0182 e. The average molecular weight is 94.1 g/mol. The Hall–Kier alpha value is -0.720. The van der Waals surface area contributed by atoms with E-state index in [9.17, 15) is 0 Å². The van der Waals surface area contributed by atoms with Gasteiger partial charge in [0.2, 0.25) is 0 Å². The highest BCUT2D eigenvalue weighted by atomic mass is 14.7. The fourth-order valence-corrected chi connectivity index (χ4v) is 0.524. The SMILES string of the molecule is C[CH]c1ccc[nH]1. The molecule has 0 unspecified atom stereocenters. The Labute approximate surface area is 43.4 Å². The molecule has 0 aliphatic heterocycles. The molecule has 0 atom stereocenters. The summed E-state index contributed by atoms with van der Waals surface area (Å²) in [5, 5.41) is 0. The number of nitrogens with one attached hydrogen (secondary N) is 1. The van der Waals surface area contributed by atoms with Gasteiger partial charge in [-0.05, 0) is 12.1 Å². The summed E-state index contributed by atoms with van der Waals surface area (Å²) in [6.45, 7) is 2.01. The van der Waals surface area contributed by atoms with Gasteiger partial charge in [0.15, 0.2) is 0 Å². The average Bonchev–Trinajstić information content (AvgIpc) is 2.14. The minimum atomic E-state index is 1.18. The highest BCUT2D eigenvalue weighted by molar-refractivity contribution is 5.11. The summed E-state index contributed by atoms with van der Waals surface area (Å²) in [5.41, 5.74) is 1.18. The number of aromatic amines is 1. The van der Waals surface area contributed by atoms with Crippen molar-refractivity contribution in [3.63, 3.8) is 0 Å². The Morgan fingerprint density at radius 3 is 2.86 bits per heavy atom. The van der Waals surface area contributed by atoms with E-state index in [4.69, 9.17) is 0 Å². The zero-order valence-electron chi connectivity index (χ0n) is 4.31. The third-order valence-corrected chi connectivity index (χ3v) is 0.933. The summed E-state index contributed by atoms with van der Waals surface area (Å²) >= 11 is 0. The number of rotatable bonds is 1. The van der Waals surface area contributed by atoms with Gasteiger partial charge in [-0.25, -0.2) is 0 Å². The maximum atomic E-state index is 3.03. The van der Waals surface area contributed by atoms with Gasteiger partial charge in [0.25, 0.3) is 0 Å². The van der Waals surface area contributed by atoms with Gasteiger partial charge in [0.1, 0.15) is 0 Å². The van der Waals surface area contributed by atoms with Gasteiger partial charge in [-0.1, -0.05) is 6.92 Å². The Morgan fingerprint density at radius 1 is 1.71 bits per heavy atom. The molecule has 1 radical (unpaired) electrons. The molecule has 0 amide bonds. The van der Waals surface area contributed by atoms with Crippen molar-refractivity contribution in [1.82, 2.24) is 4.98 Å². The second kappa shape index (κ2) is 1.82. The zero-order valence-corrected chi connectivity index (χ0v) is 4.31. The molecule has 0 aliphatic carbocycles. The van der Waals surface area contributed by atoms with Gasteiger partial charge >= 0.3 is 0 Å². The minimum absolute atomic E-state index is 1.18. The third kappa shape index (κ3) is 0.829. The molecule has 1 heteroatoms. The molecule has 0 saturated carbocycles. The van der Waals surface area contributed by atoms with Crippen molar-refractivity contribution in [3.8, 4) is 0 Å². The van der Waals surface area contributed by atoms with Crippen LogP contribution in [0.4, 0.5) is 0 Å². The van der Waals surface area contributed by atoms with Crippen molar-refractivity contribution >= 4 is 0 Å². The first-order valence-electron chi connectivity index (χ1n) is 2.36. The van der Waals surface area contributed by atoms with Crippen LogP contribution < -0.4 is 0 Å². The van der Waals surface area contributed by atoms with E-state index in [0.717, 1.165) is 0 Å². The quantitative estimate of drug-likeness (QED) is 0.544. The van der Waals surface area contributed by atoms with E-state index in [2.05, 4.69) is 4.98 Å². The van der Waals surface area contributed by atoms with Crippen molar-refractivity contribution in [2.24, 2.45) is 0 Å². The Morgan fingerprint density at radius 2 is 2.57 bits per heavy atom. The molecule has 1 heterocycles. The van der Waals surface area contributed by atoms with E-state index in [1.807, 2.05) is 31.7 Å². The maximum absolute atomic E-state index is 3.03. The summed E-state index contributed by atoms with van der Waals surface area (Å²) in [6, 6.07) is 4.01. The molecule has 1 aromatic heterocycles. The van der Waals surface area contributed by atoms with Crippen molar-refractivity contribution < 1.29 is 0 Å². The molecule has 0 saturated heterocycles. The van der Waals surface area contributed by atoms with Crippen LogP contribution in [0.3, 0.4) is 0 Å². The van der Waals surface area contributed by atoms with Crippen LogP contribution in [-0.2, 0) is 0 Å². The summed E-state index contributed by atoms with van der Waals surface area (Å²) < 4.78 is 0. The van der Waals surface area contributed by atoms with Crippen LogP contribution in [0.2, 0.25) is 0 Å². The van der Waals surface area contributed by atoms with E-state index < -0.39 is 0 Å². The molecular formula is C6H8N. The second-order valence-electron chi connectivity index (χ2n) is 1.41. The van der Waals surface area contributed by atoms with Gasteiger partial charge in [0.05, 0.1) is 0 Å². The van der Waals surface area contributed by atoms with Crippen molar-refractivity contribution in [3.05, 3.63) is 30.4 Å². The van der Waals surface area contributed by atoms with Crippen molar-refractivity contribution in [1.29, 1.82) is 0 Å². The topological polar surface area (TPSA) is 15.8 Å². The van der Waals surface area contributed by atoms with Crippen LogP contribution in [0, 0.1) is 6.42 Å². The second-order valence-corrected chi connectivity index (χ2v) is 1.41. The third-order valence-electron chi connectivity index (χ3n) is 0.933. The van der Waals surface area contributed by atoms with Crippen molar-refractivity contribution in [2.75, 3.05) is 0 Å². The lowest BCUT2D eigenvalue weighted by Crippen LogP contribution is -1.70.